The summed E-state index contributed by atoms with van der Waals surface area (Å²) in [5, 5.41) is 20.1. The minimum Gasteiger partial charge on any atom is -0.480 e. The molecule has 9 heteroatoms. The van der Waals surface area contributed by atoms with Gasteiger partial charge in [0, 0.05) is 30.2 Å². The number of nitro benzene ring substituents is 1. The lowest BCUT2D eigenvalue weighted by molar-refractivity contribution is -0.386. The van der Waals surface area contributed by atoms with Crippen LogP contribution in [0.15, 0.2) is 12.1 Å². The van der Waals surface area contributed by atoms with Gasteiger partial charge in [0.25, 0.3) is 0 Å². The molecule has 1 heterocycles. The Morgan fingerprint density at radius 1 is 1.50 bits per heavy atom. The molecule has 1 saturated heterocycles. The number of carbonyl (C=O) groups is 1. The average Bonchev–Trinajstić information content (AvgIpc) is 2.37. The topological polar surface area (TPSA) is 83.7 Å². The van der Waals surface area contributed by atoms with Gasteiger partial charge in [0.05, 0.1) is 4.92 Å². The van der Waals surface area contributed by atoms with Crippen LogP contribution in [0.2, 0.25) is 0 Å². The largest absolute Gasteiger partial charge is 0.480 e. The van der Waals surface area contributed by atoms with Gasteiger partial charge in [-0.05, 0) is 0 Å². The van der Waals surface area contributed by atoms with E-state index < -0.39 is 34.3 Å². The smallest absolute Gasteiger partial charge is 0.328 e. The Morgan fingerprint density at radius 2 is 2.20 bits per heavy atom. The molecule has 2 rings (SSSR count). The molecule has 1 aromatic rings. The maximum atomic E-state index is 13.6. The molecule has 0 spiro atoms. The fourth-order valence-corrected chi connectivity index (χ4v) is 3.09. The van der Waals surface area contributed by atoms with Crippen LogP contribution < -0.4 is 4.90 Å². The number of halogens is 2. The summed E-state index contributed by atoms with van der Waals surface area (Å²) in [6.07, 6.45) is 0. The number of anilines is 1. The third-order valence-electron chi connectivity index (χ3n) is 2.91. The first-order valence-corrected chi connectivity index (χ1v) is 6.78. The maximum absolute atomic E-state index is 13.6. The van der Waals surface area contributed by atoms with Gasteiger partial charge in [0.1, 0.15) is 17.5 Å². The molecule has 1 aliphatic rings. The molecule has 1 fully saturated rings. The Bertz CT molecular complexity index is 570. The van der Waals surface area contributed by atoms with E-state index >= 15 is 0 Å². The molecule has 1 atom stereocenters. The van der Waals surface area contributed by atoms with E-state index in [0.29, 0.717) is 11.8 Å². The lowest BCUT2D eigenvalue weighted by Crippen LogP contribution is -2.47. The SMILES string of the molecule is O=C(O)C1CSCCN1c1cc(F)cc(F)c1[N+](=O)[O-]. The Balaban J connectivity index is 2.54. The zero-order valence-electron chi connectivity index (χ0n) is 10.1. The number of thioether (sulfide) groups is 1. The number of carboxylic acid groups (broad SMARTS) is 1. The van der Waals surface area contributed by atoms with Gasteiger partial charge in [-0.3, -0.25) is 10.1 Å². The number of hydrogen-bond donors (Lipinski definition) is 1. The number of hydrogen-bond acceptors (Lipinski definition) is 5. The Morgan fingerprint density at radius 3 is 2.80 bits per heavy atom. The molecule has 108 valence electrons. The van der Waals surface area contributed by atoms with Crippen molar-refractivity contribution in [1.29, 1.82) is 0 Å². The van der Waals surface area contributed by atoms with E-state index in [-0.39, 0.29) is 18.0 Å². The number of benzene rings is 1. The minimum atomic E-state index is -1.31. The summed E-state index contributed by atoms with van der Waals surface area (Å²) in [5.74, 6) is -2.75. The molecule has 20 heavy (non-hydrogen) atoms. The van der Waals surface area contributed by atoms with E-state index in [9.17, 15) is 23.7 Å². The van der Waals surface area contributed by atoms with E-state index in [2.05, 4.69) is 0 Å². The van der Waals surface area contributed by atoms with Gasteiger partial charge in [-0.15, -0.1) is 0 Å². The molecule has 1 aliphatic heterocycles. The molecule has 0 bridgehead atoms. The van der Waals surface area contributed by atoms with Crippen LogP contribution in [-0.4, -0.2) is 40.1 Å². The van der Waals surface area contributed by atoms with Gasteiger partial charge >= 0.3 is 11.7 Å². The number of rotatable bonds is 3. The quantitative estimate of drug-likeness (QED) is 0.678. The summed E-state index contributed by atoms with van der Waals surface area (Å²) in [6, 6.07) is 0.164. The fraction of sp³-hybridized carbons (Fsp3) is 0.364. The second-order valence-electron chi connectivity index (χ2n) is 4.13. The van der Waals surface area contributed by atoms with Crippen molar-refractivity contribution in [3.05, 3.63) is 33.9 Å². The van der Waals surface area contributed by atoms with E-state index in [1.807, 2.05) is 0 Å². The summed E-state index contributed by atoms with van der Waals surface area (Å²) >= 11 is 1.37. The highest BCUT2D eigenvalue weighted by Crippen LogP contribution is 2.35. The maximum Gasteiger partial charge on any atom is 0.328 e. The molecule has 0 radical (unpaired) electrons. The highest BCUT2D eigenvalue weighted by molar-refractivity contribution is 7.99. The number of carboxylic acids is 1. The molecule has 1 N–H and O–H groups in total. The zero-order valence-corrected chi connectivity index (χ0v) is 10.9. The van der Waals surface area contributed by atoms with E-state index in [1.54, 1.807) is 0 Å². The van der Waals surface area contributed by atoms with Gasteiger partial charge in [-0.1, -0.05) is 0 Å². The number of nitrogens with zero attached hydrogens (tertiary/aromatic N) is 2. The summed E-state index contributed by atoms with van der Waals surface area (Å²) < 4.78 is 26.9. The molecular formula is C11H10F2N2O4S. The molecule has 0 aliphatic carbocycles. The predicted molar refractivity (Wildman–Crippen MR) is 69.1 cm³/mol. The molecule has 0 saturated carbocycles. The third-order valence-corrected chi connectivity index (χ3v) is 3.94. The first kappa shape index (κ1) is 14.5. The minimum absolute atomic E-state index is 0.172. The lowest BCUT2D eigenvalue weighted by Gasteiger charge is -2.34. The first-order chi connectivity index (χ1) is 9.41. The van der Waals surface area contributed by atoms with Crippen molar-refractivity contribution >= 4 is 29.1 Å². The highest BCUT2D eigenvalue weighted by Gasteiger charge is 2.35. The van der Waals surface area contributed by atoms with Crippen LogP contribution in [0.5, 0.6) is 0 Å². The summed E-state index contributed by atoms with van der Waals surface area (Å²) in [5.41, 5.74) is -1.23. The van der Waals surface area contributed by atoms with Crippen LogP contribution in [0, 0.1) is 21.7 Å². The van der Waals surface area contributed by atoms with Crippen molar-refractivity contribution in [2.24, 2.45) is 0 Å². The normalized spacial score (nSPS) is 18.9. The number of aliphatic carboxylic acids is 1. The summed E-state index contributed by atoms with van der Waals surface area (Å²) in [7, 11) is 0. The lowest BCUT2D eigenvalue weighted by atomic mass is 10.1. The van der Waals surface area contributed by atoms with Gasteiger partial charge in [0.15, 0.2) is 0 Å². The van der Waals surface area contributed by atoms with Crippen molar-refractivity contribution in [3.8, 4) is 0 Å². The van der Waals surface area contributed by atoms with Crippen molar-refractivity contribution in [2.75, 3.05) is 23.0 Å². The van der Waals surface area contributed by atoms with Crippen LogP contribution in [0.1, 0.15) is 0 Å². The van der Waals surface area contributed by atoms with Crippen molar-refractivity contribution < 1.29 is 23.6 Å². The van der Waals surface area contributed by atoms with Gasteiger partial charge in [-0.25, -0.2) is 9.18 Å². The molecule has 0 aromatic heterocycles. The van der Waals surface area contributed by atoms with Crippen LogP contribution in [0.25, 0.3) is 0 Å². The van der Waals surface area contributed by atoms with Gasteiger partial charge in [-0.2, -0.15) is 16.2 Å². The highest BCUT2D eigenvalue weighted by atomic mass is 32.2. The molecule has 0 amide bonds. The van der Waals surface area contributed by atoms with Crippen molar-refractivity contribution in [2.45, 2.75) is 6.04 Å². The van der Waals surface area contributed by atoms with Crippen LogP contribution in [0.4, 0.5) is 20.2 Å². The fourth-order valence-electron chi connectivity index (χ4n) is 2.05. The monoisotopic (exact) mass is 304 g/mol. The van der Waals surface area contributed by atoms with Crippen LogP contribution >= 0.6 is 11.8 Å². The zero-order chi connectivity index (χ0) is 14.9. The summed E-state index contributed by atoms with van der Waals surface area (Å²) in [4.78, 5) is 22.3. The second-order valence-corrected chi connectivity index (χ2v) is 5.28. The van der Waals surface area contributed by atoms with Crippen LogP contribution in [-0.2, 0) is 4.79 Å². The predicted octanol–water partition coefficient (Wildman–Crippen LogP) is 1.88. The molecule has 6 nitrogen and oxygen atoms in total. The Kier molecular flexibility index (Phi) is 4.07. The third kappa shape index (κ3) is 2.67. The van der Waals surface area contributed by atoms with E-state index in [0.717, 1.165) is 6.07 Å². The van der Waals surface area contributed by atoms with E-state index in [1.165, 1.54) is 16.7 Å². The second kappa shape index (κ2) is 5.61. The van der Waals surface area contributed by atoms with Gasteiger partial charge in [0.2, 0.25) is 5.82 Å². The Hall–Kier alpha value is -1.90. The molecule has 1 unspecified atom stereocenters. The standard InChI is InChI=1S/C11H10F2N2O4S/c12-6-3-7(13)10(15(18)19)8(4-6)14-1-2-20-5-9(14)11(16)17/h3-4,9H,1-2,5H2,(H,16,17). The Labute approximate surface area is 116 Å². The molecule has 1 aromatic carbocycles. The molecular weight excluding hydrogens is 294 g/mol. The van der Waals surface area contributed by atoms with E-state index in [4.69, 9.17) is 5.11 Å². The van der Waals surface area contributed by atoms with Crippen molar-refractivity contribution in [1.82, 2.24) is 0 Å². The van der Waals surface area contributed by atoms with Crippen molar-refractivity contribution in [3.63, 3.8) is 0 Å². The number of nitro groups is 1. The average molecular weight is 304 g/mol. The van der Waals surface area contributed by atoms with Crippen LogP contribution in [0.3, 0.4) is 0 Å². The first-order valence-electron chi connectivity index (χ1n) is 5.62. The summed E-state index contributed by atoms with van der Waals surface area (Å²) in [6.45, 7) is 0.172. The van der Waals surface area contributed by atoms with Gasteiger partial charge < -0.3 is 10.0 Å².